The van der Waals surface area contributed by atoms with Crippen molar-refractivity contribution in [3.63, 3.8) is 0 Å². The van der Waals surface area contributed by atoms with Gasteiger partial charge in [-0.25, -0.2) is 4.79 Å². The van der Waals surface area contributed by atoms with Crippen LogP contribution in [0.5, 0.6) is 5.75 Å². The van der Waals surface area contributed by atoms with E-state index in [1.54, 1.807) is 13.2 Å². The molecule has 25 heavy (non-hydrogen) atoms. The molecule has 5 nitrogen and oxygen atoms in total. The molecule has 0 fully saturated rings. The number of fused-ring (bicyclic) bond motifs is 1. The number of pyridine rings is 1. The van der Waals surface area contributed by atoms with Gasteiger partial charge >= 0.3 is 5.97 Å². The summed E-state index contributed by atoms with van der Waals surface area (Å²) in [6.07, 6.45) is 1.66. The number of ether oxygens (including phenoxy) is 2. The molecule has 1 N–H and O–H groups in total. The maximum absolute atomic E-state index is 11.5. The van der Waals surface area contributed by atoms with Crippen LogP contribution in [0.15, 0.2) is 48.7 Å². The lowest BCUT2D eigenvalue weighted by molar-refractivity contribution is 0.0483. The number of aromatic nitrogens is 1. The van der Waals surface area contributed by atoms with E-state index < -0.39 is 5.97 Å². The van der Waals surface area contributed by atoms with Crippen molar-refractivity contribution in [1.82, 2.24) is 4.40 Å². The molecule has 2 heterocycles. The van der Waals surface area contributed by atoms with E-state index in [1.807, 2.05) is 60.8 Å². The summed E-state index contributed by atoms with van der Waals surface area (Å²) < 4.78 is 13.3. The third-order valence-electron chi connectivity index (χ3n) is 4.37. The molecule has 0 aliphatic carbocycles. The van der Waals surface area contributed by atoms with E-state index >= 15 is 0 Å². The van der Waals surface area contributed by atoms with Crippen LogP contribution in [0.1, 0.15) is 40.2 Å². The van der Waals surface area contributed by atoms with Gasteiger partial charge in [0.05, 0.1) is 31.1 Å². The number of benzene rings is 1. The van der Waals surface area contributed by atoms with Crippen LogP contribution in [0.3, 0.4) is 0 Å². The van der Waals surface area contributed by atoms with E-state index in [0.29, 0.717) is 17.7 Å². The molecular weight excluding hydrogens is 318 g/mol. The highest BCUT2D eigenvalue weighted by Crippen LogP contribution is 2.27. The van der Waals surface area contributed by atoms with Gasteiger partial charge < -0.3 is 19.0 Å². The molecule has 3 rings (SSSR count). The lowest BCUT2D eigenvalue weighted by Crippen LogP contribution is -2.12. The van der Waals surface area contributed by atoms with Gasteiger partial charge in [0.1, 0.15) is 5.75 Å². The van der Waals surface area contributed by atoms with E-state index in [2.05, 4.69) is 0 Å². The van der Waals surface area contributed by atoms with E-state index in [-0.39, 0.29) is 6.10 Å². The second-order valence-corrected chi connectivity index (χ2v) is 5.98. The van der Waals surface area contributed by atoms with Crippen LogP contribution < -0.4 is 4.74 Å². The highest BCUT2D eigenvalue weighted by Gasteiger charge is 2.19. The highest BCUT2D eigenvalue weighted by molar-refractivity contribution is 5.91. The predicted octanol–water partition coefficient (Wildman–Crippen LogP) is 4.23. The molecule has 0 radical (unpaired) electrons. The van der Waals surface area contributed by atoms with Gasteiger partial charge in [0.15, 0.2) is 0 Å². The smallest absolute Gasteiger partial charge is 0.336 e. The molecule has 0 amide bonds. The molecule has 1 unspecified atom stereocenters. The molecule has 0 bridgehead atoms. The van der Waals surface area contributed by atoms with Crippen molar-refractivity contribution in [3.05, 3.63) is 71.0 Å². The van der Waals surface area contributed by atoms with Crippen LogP contribution in [0, 0.1) is 6.92 Å². The fourth-order valence-corrected chi connectivity index (χ4v) is 3.09. The Morgan fingerprint density at radius 1 is 1.24 bits per heavy atom. The Balaban J connectivity index is 1.91. The minimum atomic E-state index is -0.928. The van der Waals surface area contributed by atoms with Gasteiger partial charge in [0.25, 0.3) is 0 Å². The largest absolute Gasteiger partial charge is 0.497 e. The summed E-state index contributed by atoms with van der Waals surface area (Å²) in [5, 5.41) is 9.47. The fourth-order valence-electron chi connectivity index (χ4n) is 3.09. The van der Waals surface area contributed by atoms with Crippen LogP contribution in [-0.4, -0.2) is 22.6 Å². The Hall–Kier alpha value is -2.79. The first-order chi connectivity index (χ1) is 12.0. The Morgan fingerprint density at radius 3 is 2.76 bits per heavy atom. The van der Waals surface area contributed by atoms with Crippen LogP contribution in [0.2, 0.25) is 0 Å². The summed E-state index contributed by atoms with van der Waals surface area (Å²) in [6, 6.07) is 13.2. The molecule has 0 aliphatic rings. The molecule has 0 saturated heterocycles. The third kappa shape index (κ3) is 3.37. The monoisotopic (exact) mass is 339 g/mol. The van der Waals surface area contributed by atoms with E-state index in [4.69, 9.17) is 9.47 Å². The number of carboxylic acids is 1. The summed E-state index contributed by atoms with van der Waals surface area (Å²) in [6.45, 7) is 4.18. The topological polar surface area (TPSA) is 60.2 Å². The van der Waals surface area contributed by atoms with E-state index in [9.17, 15) is 9.90 Å². The summed E-state index contributed by atoms with van der Waals surface area (Å²) >= 11 is 0. The molecule has 2 aromatic heterocycles. The van der Waals surface area contributed by atoms with Crippen LogP contribution in [0.25, 0.3) is 5.52 Å². The van der Waals surface area contributed by atoms with Crippen LogP contribution >= 0.6 is 0 Å². The van der Waals surface area contributed by atoms with Gasteiger partial charge in [0.2, 0.25) is 0 Å². The zero-order chi connectivity index (χ0) is 18.0. The molecular formula is C20H21NO4. The Morgan fingerprint density at radius 2 is 2.04 bits per heavy atom. The average molecular weight is 339 g/mol. The van der Waals surface area contributed by atoms with Gasteiger partial charge in [-0.15, -0.1) is 0 Å². The Bertz CT molecular complexity index is 913. The second-order valence-electron chi connectivity index (χ2n) is 5.98. The zero-order valence-corrected chi connectivity index (χ0v) is 14.5. The van der Waals surface area contributed by atoms with Crippen LogP contribution in [0.4, 0.5) is 0 Å². The molecule has 0 saturated carbocycles. The SMILES string of the molecule is COc1cccc(COC(C)c2c(C)c(C(=O)O)cc3cccn23)c1. The minimum absolute atomic E-state index is 0.264. The fraction of sp³-hybridized carbons (Fsp3) is 0.250. The number of rotatable bonds is 6. The van der Waals surface area contributed by atoms with E-state index in [0.717, 1.165) is 22.5 Å². The van der Waals surface area contributed by atoms with Crippen molar-refractivity contribution in [2.75, 3.05) is 7.11 Å². The quantitative estimate of drug-likeness (QED) is 0.730. The number of hydrogen-bond acceptors (Lipinski definition) is 3. The van der Waals surface area contributed by atoms with Crippen molar-refractivity contribution in [3.8, 4) is 5.75 Å². The normalized spacial score (nSPS) is 12.3. The number of hydrogen-bond donors (Lipinski definition) is 1. The number of carboxylic acid groups (broad SMARTS) is 1. The number of carbonyl (C=O) groups is 1. The predicted molar refractivity (Wildman–Crippen MR) is 95.3 cm³/mol. The van der Waals surface area contributed by atoms with Gasteiger partial charge in [-0.3, -0.25) is 0 Å². The summed E-state index contributed by atoms with van der Waals surface area (Å²) in [4.78, 5) is 11.5. The zero-order valence-electron chi connectivity index (χ0n) is 14.5. The maximum atomic E-state index is 11.5. The summed E-state index contributed by atoms with van der Waals surface area (Å²) in [5.41, 5.74) is 3.71. The molecule has 1 atom stereocenters. The molecule has 1 aromatic carbocycles. The number of aromatic carboxylic acids is 1. The van der Waals surface area contributed by atoms with Gasteiger partial charge in [-0.2, -0.15) is 0 Å². The molecule has 0 spiro atoms. The van der Waals surface area contributed by atoms with Crippen LogP contribution in [-0.2, 0) is 11.3 Å². The van der Waals surface area contributed by atoms with Gasteiger partial charge in [-0.05, 0) is 55.3 Å². The van der Waals surface area contributed by atoms with Crippen molar-refractivity contribution < 1.29 is 19.4 Å². The first-order valence-electron chi connectivity index (χ1n) is 8.09. The molecule has 0 aliphatic heterocycles. The molecule has 5 heteroatoms. The first-order valence-corrected chi connectivity index (χ1v) is 8.09. The first kappa shape index (κ1) is 17.0. The number of methoxy groups -OCH3 is 1. The number of nitrogens with zero attached hydrogens (tertiary/aromatic N) is 1. The minimum Gasteiger partial charge on any atom is -0.497 e. The average Bonchev–Trinajstić information content (AvgIpc) is 3.07. The van der Waals surface area contributed by atoms with Crippen molar-refractivity contribution in [2.45, 2.75) is 26.6 Å². The van der Waals surface area contributed by atoms with Gasteiger partial charge in [0, 0.05) is 11.7 Å². The van der Waals surface area contributed by atoms with Gasteiger partial charge in [-0.1, -0.05) is 12.1 Å². The van der Waals surface area contributed by atoms with Crippen molar-refractivity contribution in [2.24, 2.45) is 0 Å². The Kier molecular flexibility index (Phi) is 4.76. The molecule has 3 aromatic rings. The third-order valence-corrected chi connectivity index (χ3v) is 4.37. The standard InChI is InChI=1S/C20H21NO4/c1-13-18(20(22)23)11-16-7-5-9-21(16)19(13)14(2)25-12-15-6-4-8-17(10-15)24-3/h4-11,14H,12H2,1-3H3,(H,22,23). The summed E-state index contributed by atoms with van der Waals surface area (Å²) in [5.74, 6) is -0.145. The Labute approximate surface area is 146 Å². The van der Waals surface area contributed by atoms with Crippen molar-refractivity contribution in [1.29, 1.82) is 0 Å². The second kappa shape index (κ2) is 6.99. The van der Waals surface area contributed by atoms with E-state index in [1.165, 1.54) is 0 Å². The summed E-state index contributed by atoms with van der Waals surface area (Å²) in [7, 11) is 1.63. The maximum Gasteiger partial charge on any atom is 0.336 e. The molecule has 130 valence electrons. The lowest BCUT2D eigenvalue weighted by Gasteiger charge is -2.20. The highest BCUT2D eigenvalue weighted by atomic mass is 16.5. The van der Waals surface area contributed by atoms with Crippen molar-refractivity contribution >= 4 is 11.5 Å². The lowest BCUT2D eigenvalue weighted by atomic mass is 10.0.